The molecule has 0 unspecified atom stereocenters. The van der Waals surface area contributed by atoms with Crippen molar-refractivity contribution in [2.24, 2.45) is 0 Å². The van der Waals surface area contributed by atoms with Crippen LogP contribution in [0.2, 0.25) is 0 Å². The Kier molecular flexibility index (Phi) is 9.89. The molecule has 4 aromatic carbocycles. The number of rotatable bonds is 13. The normalized spacial score (nSPS) is 17.5. The lowest BCUT2D eigenvalue weighted by Crippen LogP contribution is -2.28. The molecule has 6 rings (SSSR count). The monoisotopic (exact) mass is 691 g/mol. The van der Waals surface area contributed by atoms with Crippen LogP contribution < -0.4 is 4.90 Å². The Hall–Kier alpha value is -4.53. The number of benzene rings is 4. The number of anilines is 1. The molecule has 0 aromatic heterocycles. The summed E-state index contributed by atoms with van der Waals surface area (Å²) >= 11 is 0. The number of carboxylic acids is 1. The Labute approximate surface area is 295 Å². The van der Waals surface area contributed by atoms with Crippen LogP contribution in [0.3, 0.4) is 0 Å². The van der Waals surface area contributed by atoms with Crippen LogP contribution in [0.1, 0.15) is 70.9 Å². The quantitative estimate of drug-likeness (QED) is 0.0629. The van der Waals surface area contributed by atoms with Crippen molar-refractivity contribution in [2.45, 2.75) is 70.6 Å². The molecule has 0 spiro atoms. The second kappa shape index (κ2) is 14.0. The smallest absolute Gasteiger partial charge is 0.303 e. The summed E-state index contributed by atoms with van der Waals surface area (Å²) in [4.78, 5) is 13.5. The second-order valence-electron chi connectivity index (χ2n) is 14.4. The molecule has 0 saturated heterocycles. The third-order valence-corrected chi connectivity index (χ3v) is 11.1. The SMILES string of the molecule is CC1(C)C(/C=C/C=C/C=C2\N(CCCCCC(=O)O)c3ccc4ccccc4c3C2(C)C)=[N+](CCCS(=O)(=O)O)c2ccc3ccccc3c21. The molecule has 0 amide bonds. The molecule has 2 N–H and O–H groups in total. The van der Waals surface area contributed by atoms with E-state index < -0.39 is 16.1 Å². The summed E-state index contributed by atoms with van der Waals surface area (Å²) in [5.74, 6) is -1.04. The summed E-state index contributed by atoms with van der Waals surface area (Å²) in [6.45, 7) is 10.2. The first-order valence-corrected chi connectivity index (χ1v) is 19.1. The first-order chi connectivity index (χ1) is 23.8. The summed E-state index contributed by atoms with van der Waals surface area (Å²) in [7, 11) is -4.06. The molecule has 260 valence electrons. The molecule has 2 aliphatic rings. The molecule has 2 heterocycles. The van der Waals surface area contributed by atoms with Crippen molar-refractivity contribution in [2.75, 3.05) is 23.7 Å². The second-order valence-corrected chi connectivity index (χ2v) is 16.0. The molecule has 2 aliphatic heterocycles. The van der Waals surface area contributed by atoms with Gasteiger partial charge < -0.3 is 10.0 Å². The third kappa shape index (κ3) is 6.92. The highest BCUT2D eigenvalue weighted by atomic mass is 32.2. The number of fused-ring (bicyclic) bond motifs is 6. The molecular weight excluding hydrogens is 645 g/mol. The summed E-state index contributed by atoms with van der Waals surface area (Å²) < 4.78 is 34.8. The minimum atomic E-state index is -4.06. The van der Waals surface area contributed by atoms with Gasteiger partial charge in [-0.3, -0.25) is 9.35 Å². The third-order valence-electron chi connectivity index (χ3n) is 10.3. The van der Waals surface area contributed by atoms with Gasteiger partial charge in [0.05, 0.1) is 11.2 Å². The maximum absolute atomic E-state index is 11.6. The van der Waals surface area contributed by atoms with Gasteiger partial charge in [0, 0.05) is 53.9 Å². The van der Waals surface area contributed by atoms with E-state index in [1.165, 1.54) is 38.7 Å². The highest BCUT2D eigenvalue weighted by Crippen LogP contribution is 2.51. The lowest BCUT2D eigenvalue weighted by Gasteiger charge is -2.27. The molecule has 0 atom stereocenters. The Morgan fingerprint density at radius 3 is 2.12 bits per heavy atom. The Balaban J connectivity index is 1.32. The van der Waals surface area contributed by atoms with Crippen molar-refractivity contribution in [3.05, 3.63) is 120 Å². The van der Waals surface area contributed by atoms with E-state index in [9.17, 15) is 17.8 Å². The largest absolute Gasteiger partial charge is 0.481 e. The van der Waals surface area contributed by atoms with E-state index in [1.54, 1.807) is 0 Å². The standard InChI is InChI=1S/C42H46N2O5S/c1-41(2)36(43(27-14-6-9-22-38(45)46)34-25-23-30-16-10-12-18-32(30)39(34)41)20-7-5-8-21-37-42(3,4)40-33-19-13-11-17-31(33)24-26-35(40)44(37)28-15-29-50(47,48)49/h5,7-8,10-13,16-21,23-26H,6,9,14-15,22,27-29H2,1-4H3,(H-,45,46,47,48,49)/p+1. The zero-order chi connectivity index (χ0) is 35.7. The number of nitrogens with zero attached hydrogens (tertiary/aromatic N) is 2. The van der Waals surface area contributed by atoms with E-state index in [1.807, 2.05) is 6.07 Å². The first kappa shape index (κ1) is 35.3. The van der Waals surface area contributed by atoms with Crippen LogP contribution in [0.15, 0.2) is 109 Å². The van der Waals surface area contributed by atoms with Crippen LogP contribution in [-0.4, -0.2) is 53.2 Å². The van der Waals surface area contributed by atoms with Crippen LogP contribution in [0.25, 0.3) is 21.5 Å². The number of carboxylic acid groups (broad SMARTS) is 1. The highest BCUT2D eigenvalue weighted by molar-refractivity contribution is 7.85. The molecule has 4 aromatic rings. The van der Waals surface area contributed by atoms with Crippen LogP contribution in [0, 0.1) is 0 Å². The maximum Gasteiger partial charge on any atom is 0.303 e. The van der Waals surface area contributed by atoms with Gasteiger partial charge in [-0.25, -0.2) is 0 Å². The fourth-order valence-corrected chi connectivity index (χ4v) is 8.53. The van der Waals surface area contributed by atoms with Crippen LogP contribution in [0.5, 0.6) is 0 Å². The number of unbranched alkanes of at least 4 members (excludes halogenated alkanes) is 2. The van der Waals surface area contributed by atoms with Crippen LogP contribution in [-0.2, 0) is 25.7 Å². The molecule has 50 heavy (non-hydrogen) atoms. The zero-order valence-electron chi connectivity index (χ0n) is 29.4. The number of hydrogen-bond acceptors (Lipinski definition) is 4. The molecule has 0 aliphatic carbocycles. The fraction of sp³-hybridized carbons (Fsp3) is 0.333. The van der Waals surface area contributed by atoms with Crippen molar-refractivity contribution in [3.8, 4) is 0 Å². The van der Waals surface area contributed by atoms with Gasteiger partial charge in [0.2, 0.25) is 5.69 Å². The predicted molar refractivity (Wildman–Crippen MR) is 205 cm³/mol. The molecule has 0 saturated carbocycles. The number of allylic oxidation sites excluding steroid dienone is 6. The minimum absolute atomic E-state index is 0.194. The fourth-order valence-electron chi connectivity index (χ4n) is 8.04. The van der Waals surface area contributed by atoms with Crippen molar-refractivity contribution in [1.82, 2.24) is 0 Å². The summed E-state index contributed by atoms with van der Waals surface area (Å²) in [5, 5.41) is 13.9. The summed E-state index contributed by atoms with van der Waals surface area (Å²) in [6.07, 6.45) is 13.4. The van der Waals surface area contributed by atoms with Gasteiger partial charge in [0.15, 0.2) is 5.71 Å². The molecular formula is C42H47N2O5S+. The van der Waals surface area contributed by atoms with E-state index in [0.29, 0.717) is 19.4 Å². The minimum Gasteiger partial charge on any atom is -0.481 e. The van der Waals surface area contributed by atoms with E-state index in [-0.39, 0.29) is 23.0 Å². The van der Waals surface area contributed by atoms with Gasteiger partial charge in [0.25, 0.3) is 10.1 Å². The van der Waals surface area contributed by atoms with Gasteiger partial charge in [-0.05, 0) is 72.0 Å². The highest BCUT2D eigenvalue weighted by Gasteiger charge is 2.45. The Morgan fingerprint density at radius 2 is 1.44 bits per heavy atom. The van der Waals surface area contributed by atoms with Gasteiger partial charge in [-0.1, -0.05) is 93.1 Å². The number of aliphatic carboxylic acids is 1. The number of hydrogen-bond donors (Lipinski definition) is 2. The van der Waals surface area contributed by atoms with Gasteiger partial charge in [0.1, 0.15) is 6.54 Å². The molecule has 7 nitrogen and oxygen atoms in total. The molecule has 0 fully saturated rings. The average molecular weight is 692 g/mol. The van der Waals surface area contributed by atoms with E-state index in [4.69, 9.17) is 5.11 Å². The van der Waals surface area contributed by atoms with Gasteiger partial charge >= 0.3 is 5.97 Å². The number of carbonyl (C=O) groups is 1. The molecule has 0 radical (unpaired) electrons. The predicted octanol–water partition coefficient (Wildman–Crippen LogP) is 9.09. The van der Waals surface area contributed by atoms with Gasteiger partial charge in [-0.2, -0.15) is 13.0 Å². The van der Waals surface area contributed by atoms with Gasteiger partial charge in [-0.15, -0.1) is 0 Å². The average Bonchev–Trinajstić information content (AvgIpc) is 3.42. The van der Waals surface area contributed by atoms with Crippen molar-refractivity contribution < 1.29 is 27.4 Å². The topological polar surface area (TPSA) is 97.9 Å². The first-order valence-electron chi connectivity index (χ1n) is 17.5. The Morgan fingerprint density at radius 1 is 0.780 bits per heavy atom. The lowest BCUT2D eigenvalue weighted by molar-refractivity contribution is -0.437. The van der Waals surface area contributed by atoms with Crippen molar-refractivity contribution in [3.63, 3.8) is 0 Å². The van der Waals surface area contributed by atoms with E-state index in [0.717, 1.165) is 36.2 Å². The lowest BCUT2D eigenvalue weighted by atomic mass is 9.79. The van der Waals surface area contributed by atoms with E-state index >= 15 is 0 Å². The summed E-state index contributed by atoms with van der Waals surface area (Å²) in [5.41, 5.74) is 6.47. The Bertz CT molecular complexity index is 2190. The van der Waals surface area contributed by atoms with Crippen molar-refractivity contribution in [1.29, 1.82) is 0 Å². The molecule has 8 heteroatoms. The van der Waals surface area contributed by atoms with Crippen LogP contribution in [0.4, 0.5) is 11.4 Å². The maximum atomic E-state index is 11.6. The van der Waals surface area contributed by atoms with E-state index in [2.05, 4.69) is 134 Å². The zero-order valence-corrected chi connectivity index (χ0v) is 30.2. The van der Waals surface area contributed by atoms with Crippen LogP contribution >= 0.6 is 0 Å². The summed E-state index contributed by atoms with van der Waals surface area (Å²) in [6, 6.07) is 25.5. The molecule has 0 bridgehead atoms. The van der Waals surface area contributed by atoms with Crippen molar-refractivity contribution >= 4 is 54.7 Å².